The van der Waals surface area contributed by atoms with E-state index in [1.54, 1.807) is 0 Å². The molecule has 0 aromatic heterocycles. The molecule has 3 heteroatoms. The Labute approximate surface area is 92.6 Å². The Balaban J connectivity index is 2.56. The maximum Gasteiger partial charge on any atom is 0.142 e. The Hall–Kier alpha value is -0.450. The van der Waals surface area contributed by atoms with E-state index in [2.05, 4.69) is 29.5 Å². The van der Waals surface area contributed by atoms with Crippen molar-refractivity contribution in [2.24, 2.45) is 0 Å². The summed E-state index contributed by atoms with van der Waals surface area (Å²) >= 11 is 2.23. The summed E-state index contributed by atoms with van der Waals surface area (Å²) in [4.78, 5) is 0. The zero-order chi connectivity index (χ0) is 9.68. The molecule has 1 rings (SSSR count). The third-order valence-corrected chi connectivity index (χ3v) is 2.40. The van der Waals surface area contributed by atoms with Crippen LogP contribution in [0.5, 0.6) is 5.75 Å². The van der Waals surface area contributed by atoms with Gasteiger partial charge in [-0.3, -0.25) is 0 Å². The summed E-state index contributed by atoms with van der Waals surface area (Å²) in [5, 5.41) is 0. The minimum Gasteiger partial charge on any atom is -0.491 e. The maximum atomic E-state index is 5.77. The third kappa shape index (κ3) is 3.42. The highest BCUT2D eigenvalue weighted by Crippen LogP contribution is 2.23. The molecule has 1 aromatic rings. The molecule has 0 aliphatic carbocycles. The van der Waals surface area contributed by atoms with Crippen LogP contribution in [-0.2, 0) is 0 Å². The first-order valence-electron chi connectivity index (χ1n) is 4.42. The van der Waals surface area contributed by atoms with Crippen molar-refractivity contribution in [1.82, 2.24) is 0 Å². The van der Waals surface area contributed by atoms with Crippen LogP contribution in [0.25, 0.3) is 0 Å². The van der Waals surface area contributed by atoms with Gasteiger partial charge in [-0.1, -0.05) is 13.3 Å². The van der Waals surface area contributed by atoms with Crippen LogP contribution in [0, 0.1) is 3.57 Å². The highest BCUT2D eigenvalue weighted by molar-refractivity contribution is 14.1. The van der Waals surface area contributed by atoms with Gasteiger partial charge in [0.05, 0.1) is 12.3 Å². The van der Waals surface area contributed by atoms with E-state index in [-0.39, 0.29) is 0 Å². The van der Waals surface area contributed by atoms with Crippen LogP contribution < -0.4 is 10.5 Å². The summed E-state index contributed by atoms with van der Waals surface area (Å²) in [5.74, 6) is 0.800. The van der Waals surface area contributed by atoms with Gasteiger partial charge >= 0.3 is 0 Å². The number of unbranched alkanes of at least 4 members (excludes halogenated alkanes) is 1. The van der Waals surface area contributed by atoms with Gasteiger partial charge in [0.15, 0.2) is 0 Å². The van der Waals surface area contributed by atoms with Gasteiger partial charge in [0.2, 0.25) is 0 Å². The normalized spacial score (nSPS) is 10.0. The van der Waals surface area contributed by atoms with Crippen molar-refractivity contribution in [1.29, 1.82) is 0 Å². The maximum absolute atomic E-state index is 5.77. The number of hydrogen-bond acceptors (Lipinski definition) is 2. The molecule has 0 heterocycles. The fourth-order valence-corrected chi connectivity index (χ4v) is 1.49. The molecule has 0 fully saturated rings. The van der Waals surface area contributed by atoms with E-state index in [4.69, 9.17) is 10.5 Å². The van der Waals surface area contributed by atoms with Gasteiger partial charge in [-0.25, -0.2) is 0 Å². The van der Waals surface area contributed by atoms with Gasteiger partial charge in [0, 0.05) is 3.57 Å². The Morgan fingerprint density at radius 3 is 2.85 bits per heavy atom. The summed E-state index contributed by atoms with van der Waals surface area (Å²) in [6.07, 6.45) is 2.22. The van der Waals surface area contributed by atoms with Crippen LogP contribution in [0.1, 0.15) is 19.8 Å². The molecule has 13 heavy (non-hydrogen) atoms. The third-order valence-electron chi connectivity index (χ3n) is 1.73. The largest absolute Gasteiger partial charge is 0.491 e. The van der Waals surface area contributed by atoms with Crippen LogP contribution >= 0.6 is 22.6 Å². The lowest BCUT2D eigenvalue weighted by molar-refractivity contribution is 0.311. The Kier molecular flexibility index (Phi) is 4.35. The van der Waals surface area contributed by atoms with Gasteiger partial charge in [-0.05, 0) is 47.2 Å². The van der Waals surface area contributed by atoms with Crippen molar-refractivity contribution in [2.45, 2.75) is 19.8 Å². The van der Waals surface area contributed by atoms with Crippen molar-refractivity contribution < 1.29 is 4.74 Å². The van der Waals surface area contributed by atoms with E-state index in [9.17, 15) is 0 Å². The average molecular weight is 291 g/mol. The standard InChI is InChI=1S/C10H14INO/c1-2-3-6-13-10-5-4-8(11)7-9(10)12/h4-5,7H,2-3,6,12H2,1H3. The first-order valence-corrected chi connectivity index (χ1v) is 5.49. The summed E-state index contributed by atoms with van der Waals surface area (Å²) < 4.78 is 6.64. The minimum atomic E-state index is 0.725. The Morgan fingerprint density at radius 1 is 1.46 bits per heavy atom. The summed E-state index contributed by atoms with van der Waals surface area (Å²) in [7, 11) is 0. The minimum absolute atomic E-state index is 0.725. The topological polar surface area (TPSA) is 35.2 Å². The number of halogens is 1. The predicted octanol–water partition coefficient (Wildman–Crippen LogP) is 3.05. The van der Waals surface area contributed by atoms with Gasteiger partial charge in [0.25, 0.3) is 0 Å². The van der Waals surface area contributed by atoms with Crippen molar-refractivity contribution in [3.05, 3.63) is 21.8 Å². The second kappa shape index (κ2) is 5.32. The Bertz CT molecular complexity index is 276. The molecule has 72 valence electrons. The van der Waals surface area contributed by atoms with Crippen LogP contribution in [-0.4, -0.2) is 6.61 Å². The van der Waals surface area contributed by atoms with Crippen molar-refractivity contribution in [3.63, 3.8) is 0 Å². The smallest absolute Gasteiger partial charge is 0.142 e. The molecule has 0 radical (unpaired) electrons. The summed E-state index contributed by atoms with van der Waals surface area (Å²) in [5.41, 5.74) is 6.50. The van der Waals surface area contributed by atoms with Crippen LogP contribution in [0.3, 0.4) is 0 Å². The number of rotatable bonds is 4. The molecule has 1 aromatic carbocycles. The number of nitrogens with two attached hydrogens (primary N) is 1. The first kappa shape index (κ1) is 10.6. The second-order valence-electron chi connectivity index (χ2n) is 2.88. The van der Waals surface area contributed by atoms with E-state index in [1.807, 2.05) is 18.2 Å². The van der Waals surface area contributed by atoms with Crippen LogP contribution in [0.15, 0.2) is 18.2 Å². The van der Waals surface area contributed by atoms with Gasteiger partial charge in [-0.15, -0.1) is 0 Å². The molecule has 2 nitrogen and oxygen atoms in total. The quantitative estimate of drug-likeness (QED) is 0.525. The number of anilines is 1. The number of benzene rings is 1. The molecule has 0 amide bonds. The molecular weight excluding hydrogens is 277 g/mol. The van der Waals surface area contributed by atoms with Crippen molar-refractivity contribution in [2.75, 3.05) is 12.3 Å². The number of nitrogen functional groups attached to an aromatic ring is 1. The summed E-state index contributed by atoms with van der Waals surface area (Å²) in [6.45, 7) is 2.89. The molecule has 0 saturated carbocycles. The number of ether oxygens (including phenoxy) is 1. The molecule has 0 spiro atoms. The number of hydrogen-bond donors (Lipinski definition) is 1. The fraction of sp³-hybridized carbons (Fsp3) is 0.400. The van der Waals surface area contributed by atoms with Gasteiger partial charge < -0.3 is 10.5 Å². The zero-order valence-electron chi connectivity index (χ0n) is 7.72. The van der Waals surface area contributed by atoms with E-state index < -0.39 is 0 Å². The molecule has 0 saturated heterocycles. The molecule has 0 bridgehead atoms. The van der Waals surface area contributed by atoms with Gasteiger partial charge in [0.1, 0.15) is 5.75 Å². The lowest BCUT2D eigenvalue weighted by atomic mass is 10.3. The molecule has 2 N–H and O–H groups in total. The molecule has 0 unspecified atom stereocenters. The molecular formula is C10H14INO. The van der Waals surface area contributed by atoms with E-state index in [0.29, 0.717) is 0 Å². The highest BCUT2D eigenvalue weighted by Gasteiger charge is 1.99. The monoisotopic (exact) mass is 291 g/mol. The predicted molar refractivity (Wildman–Crippen MR) is 64.0 cm³/mol. The van der Waals surface area contributed by atoms with Crippen LogP contribution in [0.2, 0.25) is 0 Å². The lowest BCUT2D eigenvalue weighted by Crippen LogP contribution is -1.99. The lowest BCUT2D eigenvalue weighted by Gasteiger charge is -2.07. The highest BCUT2D eigenvalue weighted by atomic mass is 127. The Morgan fingerprint density at radius 2 is 2.23 bits per heavy atom. The van der Waals surface area contributed by atoms with Crippen molar-refractivity contribution in [3.8, 4) is 5.75 Å². The second-order valence-corrected chi connectivity index (χ2v) is 4.13. The average Bonchev–Trinajstić information content (AvgIpc) is 2.09. The molecule has 0 atom stereocenters. The zero-order valence-corrected chi connectivity index (χ0v) is 9.87. The van der Waals surface area contributed by atoms with E-state index in [0.717, 1.165) is 34.5 Å². The van der Waals surface area contributed by atoms with E-state index in [1.165, 1.54) is 0 Å². The SMILES string of the molecule is CCCCOc1ccc(I)cc1N. The van der Waals surface area contributed by atoms with Gasteiger partial charge in [-0.2, -0.15) is 0 Å². The van der Waals surface area contributed by atoms with Crippen molar-refractivity contribution >= 4 is 28.3 Å². The van der Waals surface area contributed by atoms with Crippen LogP contribution in [0.4, 0.5) is 5.69 Å². The van der Waals surface area contributed by atoms with E-state index >= 15 is 0 Å². The molecule has 0 aliphatic rings. The first-order chi connectivity index (χ1) is 6.24. The molecule has 0 aliphatic heterocycles. The fourth-order valence-electron chi connectivity index (χ4n) is 0.977. The summed E-state index contributed by atoms with van der Waals surface area (Å²) in [6, 6.07) is 5.84.